The van der Waals surface area contributed by atoms with E-state index in [4.69, 9.17) is 19.0 Å². The summed E-state index contributed by atoms with van der Waals surface area (Å²) in [4.78, 5) is 31.7. The van der Waals surface area contributed by atoms with Crippen LogP contribution in [-0.4, -0.2) is 49.6 Å². The first-order valence-electron chi connectivity index (χ1n) is 9.21. The van der Waals surface area contributed by atoms with Crippen molar-refractivity contribution in [3.05, 3.63) is 40.6 Å². The van der Waals surface area contributed by atoms with E-state index >= 15 is 0 Å². The number of hydrogen-bond acceptors (Lipinski definition) is 6. The summed E-state index contributed by atoms with van der Waals surface area (Å²) in [6.07, 6.45) is 0. The molecule has 2 heterocycles. The van der Waals surface area contributed by atoms with E-state index in [1.807, 2.05) is 32.0 Å². The van der Waals surface area contributed by atoms with Gasteiger partial charge in [-0.2, -0.15) is 0 Å². The zero-order valence-corrected chi connectivity index (χ0v) is 17.3. The van der Waals surface area contributed by atoms with Crippen LogP contribution in [0.5, 0.6) is 0 Å². The standard InChI is InChI=1S/C21H27NO6/c1-13-8-7-9-14(2)15(13)16-17(28-19(24)21(5)10-26-11-21)20(3,4)22(18(16)23)27-12-25-6/h7-9H,10-12H2,1-6H3. The second-order valence-corrected chi connectivity index (χ2v) is 8.11. The highest BCUT2D eigenvalue weighted by Gasteiger charge is 2.52. The first kappa shape index (κ1) is 20.5. The number of hydrogen-bond donors (Lipinski definition) is 0. The zero-order chi connectivity index (χ0) is 20.7. The number of ether oxygens (including phenoxy) is 3. The molecule has 2 aliphatic rings. The highest BCUT2D eigenvalue weighted by atomic mass is 16.8. The molecule has 28 heavy (non-hydrogen) atoms. The molecule has 1 aromatic rings. The number of carbonyl (C=O) groups is 2. The number of carbonyl (C=O) groups excluding carboxylic acids is 2. The summed E-state index contributed by atoms with van der Waals surface area (Å²) in [5, 5.41) is 1.22. The largest absolute Gasteiger partial charge is 0.427 e. The van der Waals surface area contributed by atoms with Crippen molar-refractivity contribution in [2.45, 2.75) is 40.2 Å². The maximum Gasteiger partial charge on any atom is 0.321 e. The number of amides is 1. The number of aryl methyl sites for hydroxylation is 2. The zero-order valence-electron chi connectivity index (χ0n) is 17.3. The van der Waals surface area contributed by atoms with Crippen molar-refractivity contribution in [2.75, 3.05) is 27.1 Å². The van der Waals surface area contributed by atoms with E-state index in [1.165, 1.54) is 12.2 Å². The molecule has 0 spiro atoms. The number of benzene rings is 1. The van der Waals surface area contributed by atoms with Crippen molar-refractivity contribution in [2.24, 2.45) is 5.41 Å². The fraction of sp³-hybridized carbons (Fsp3) is 0.524. The Labute approximate surface area is 165 Å². The minimum Gasteiger partial charge on any atom is -0.427 e. The Balaban J connectivity index is 2.12. The molecule has 0 saturated carbocycles. The normalized spacial score (nSPS) is 20.4. The van der Waals surface area contributed by atoms with Crippen molar-refractivity contribution >= 4 is 17.4 Å². The number of esters is 1. The SMILES string of the molecule is COCON1C(=O)C(c2c(C)cccc2C)=C(OC(=O)C2(C)COC2)C1(C)C. The second-order valence-electron chi connectivity index (χ2n) is 8.11. The van der Waals surface area contributed by atoms with Gasteiger partial charge in [0, 0.05) is 7.11 Å². The topological polar surface area (TPSA) is 74.3 Å². The van der Waals surface area contributed by atoms with Gasteiger partial charge >= 0.3 is 5.97 Å². The van der Waals surface area contributed by atoms with Crippen LogP contribution in [0.4, 0.5) is 0 Å². The lowest BCUT2D eigenvalue weighted by Gasteiger charge is -2.37. The van der Waals surface area contributed by atoms with Crippen LogP contribution in [0.2, 0.25) is 0 Å². The molecular weight excluding hydrogens is 362 g/mol. The molecule has 0 bridgehead atoms. The van der Waals surface area contributed by atoms with Crippen molar-refractivity contribution in [3.8, 4) is 0 Å². The lowest BCUT2D eigenvalue weighted by molar-refractivity contribution is -0.240. The number of hydroxylamine groups is 2. The summed E-state index contributed by atoms with van der Waals surface area (Å²) < 4.78 is 16.0. The summed E-state index contributed by atoms with van der Waals surface area (Å²) in [6.45, 7) is 9.71. The Morgan fingerprint density at radius 1 is 1.18 bits per heavy atom. The summed E-state index contributed by atoms with van der Waals surface area (Å²) >= 11 is 0. The van der Waals surface area contributed by atoms with Gasteiger partial charge in [0.1, 0.15) is 16.7 Å². The molecule has 1 saturated heterocycles. The van der Waals surface area contributed by atoms with E-state index in [9.17, 15) is 9.59 Å². The number of rotatable bonds is 6. The maximum absolute atomic E-state index is 13.3. The molecule has 0 atom stereocenters. The molecule has 1 amide bonds. The minimum atomic E-state index is -0.990. The molecule has 0 radical (unpaired) electrons. The third kappa shape index (κ3) is 3.23. The smallest absolute Gasteiger partial charge is 0.321 e. The van der Waals surface area contributed by atoms with Gasteiger partial charge in [0.25, 0.3) is 5.91 Å². The van der Waals surface area contributed by atoms with Crippen LogP contribution in [0.1, 0.15) is 37.5 Å². The van der Waals surface area contributed by atoms with Crippen molar-refractivity contribution < 1.29 is 28.6 Å². The third-order valence-electron chi connectivity index (χ3n) is 5.25. The van der Waals surface area contributed by atoms with Crippen LogP contribution < -0.4 is 0 Å². The van der Waals surface area contributed by atoms with Crippen molar-refractivity contribution in [1.29, 1.82) is 0 Å². The number of methoxy groups -OCH3 is 1. The van der Waals surface area contributed by atoms with Crippen LogP contribution in [0, 0.1) is 19.3 Å². The summed E-state index contributed by atoms with van der Waals surface area (Å²) in [5.41, 5.74) is 1.23. The molecular formula is C21H27NO6. The molecule has 0 N–H and O–H groups in total. The van der Waals surface area contributed by atoms with Crippen LogP contribution >= 0.6 is 0 Å². The molecule has 152 valence electrons. The van der Waals surface area contributed by atoms with Gasteiger partial charge in [-0.15, -0.1) is 0 Å². The van der Waals surface area contributed by atoms with E-state index in [0.717, 1.165) is 16.7 Å². The van der Waals surface area contributed by atoms with Gasteiger partial charge in [0.15, 0.2) is 6.79 Å². The summed E-state index contributed by atoms with van der Waals surface area (Å²) in [6, 6.07) is 5.78. The van der Waals surface area contributed by atoms with E-state index in [0.29, 0.717) is 18.8 Å². The molecule has 3 rings (SSSR count). The lowest BCUT2D eigenvalue weighted by Crippen LogP contribution is -2.49. The average Bonchev–Trinajstić information content (AvgIpc) is 2.77. The van der Waals surface area contributed by atoms with Gasteiger partial charge in [-0.05, 0) is 51.3 Å². The third-order valence-corrected chi connectivity index (χ3v) is 5.25. The predicted octanol–water partition coefficient (Wildman–Crippen LogP) is 2.75. The minimum absolute atomic E-state index is 0.0953. The van der Waals surface area contributed by atoms with Crippen LogP contribution in [-0.2, 0) is 28.6 Å². The monoisotopic (exact) mass is 389 g/mol. The fourth-order valence-corrected chi connectivity index (χ4v) is 3.52. The fourth-order valence-electron chi connectivity index (χ4n) is 3.52. The predicted molar refractivity (Wildman–Crippen MR) is 102 cm³/mol. The first-order chi connectivity index (χ1) is 13.1. The van der Waals surface area contributed by atoms with E-state index < -0.39 is 16.9 Å². The molecule has 2 aliphatic heterocycles. The van der Waals surface area contributed by atoms with Gasteiger partial charge in [0.2, 0.25) is 0 Å². The van der Waals surface area contributed by atoms with Gasteiger partial charge in [-0.1, -0.05) is 18.2 Å². The Hall–Kier alpha value is -2.22. The average molecular weight is 389 g/mol. The maximum atomic E-state index is 13.3. The highest BCUT2D eigenvalue weighted by molar-refractivity contribution is 6.23. The van der Waals surface area contributed by atoms with Gasteiger partial charge in [-0.25, -0.2) is 9.90 Å². The lowest BCUT2D eigenvalue weighted by atomic mass is 9.88. The van der Waals surface area contributed by atoms with Gasteiger partial charge < -0.3 is 14.2 Å². The van der Waals surface area contributed by atoms with Crippen LogP contribution in [0.15, 0.2) is 24.0 Å². The molecule has 0 aromatic heterocycles. The van der Waals surface area contributed by atoms with Crippen molar-refractivity contribution in [3.63, 3.8) is 0 Å². The summed E-state index contributed by atoms with van der Waals surface area (Å²) in [7, 11) is 1.48. The van der Waals surface area contributed by atoms with E-state index in [2.05, 4.69) is 0 Å². The Morgan fingerprint density at radius 3 is 2.29 bits per heavy atom. The Bertz CT molecular complexity index is 817. The first-order valence-corrected chi connectivity index (χ1v) is 9.21. The summed E-state index contributed by atoms with van der Waals surface area (Å²) in [5.74, 6) is -0.492. The number of nitrogens with zero attached hydrogens (tertiary/aromatic N) is 1. The van der Waals surface area contributed by atoms with Gasteiger partial charge in [0.05, 0.1) is 18.8 Å². The van der Waals surface area contributed by atoms with Crippen molar-refractivity contribution in [1.82, 2.24) is 5.06 Å². The highest BCUT2D eigenvalue weighted by Crippen LogP contribution is 2.44. The van der Waals surface area contributed by atoms with E-state index in [-0.39, 0.29) is 18.5 Å². The van der Waals surface area contributed by atoms with E-state index in [1.54, 1.807) is 20.8 Å². The Morgan fingerprint density at radius 2 is 1.79 bits per heavy atom. The molecule has 1 aromatic carbocycles. The van der Waals surface area contributed by atoms with Crippen LogP contribution in [0.25, 0.3) is 5.57 Å². The molecule has 1 fully saturated rings. The molecule has 7 heteroatoms. The quantitative estimate of drug-likeness (QED) is 0.550. The van der Waals surface area contributed by atoms with Crippen LogP contribution in [0.3, 0.4) is 0 Å². The molecule has 0 unspecified atom stereocenters. The Kier molecular flexibility index (Phi) is 5.36. The molecule has 0 aliphatic carbocycles. The molecule has 7 nitrogen and oxygen atoms in total. The van der Waals surface area contributed by atoms with Gasteiger partial charge in [-0.3, -0.25) is 9.59 Å². The second kappa shape index (κ2) is 7.31.